The van der Waals surface area contributed by atoms with Crippen LogP contribution < -0.4 is 0 Å². The first-order valence-corrected chi connectivity index (χ1v) is 34.9. The van der Waals surface area contributed by atoms with Crippen molar-refractivity contribution >= 4 is 8.60 Å². The van der Waals surface area contributed by atoms with Crippen LogP contribution in [0, 0.1) is 0 Å². The molecule has 0 aliphatic carbocycles. The largest absolute Gasteiger partial charge is 0.336 e. The summed E-state index contributed by atoms with van der Waals surface area (Å²) in [5.41, 5.74) is 4.20. The van der Waals surface area contributed by atoms with Gasteiger partial charge >= 0.3 is 8.60 Å². The van der Waals surface area contributed by atoms with Gasteiger partial charge < -0.3 is 0 Å². The molecule has 0 spiro atoms. The Morgan fingerprint density at radius 2 is 0.354 bits per heavy atom. The Bertz CT molecular complexity index is 2020. The van der Waals surface area contributed by atoms with Crippen LogP contribution in [-0.4, -0.2) is 0 Å². The maximum absolute atomic E-state index is 8.33. The average molecular weight is 1130 g/mol. The summed E-state index contributed by atoms with van der Waals surface area (Å²) in [5, 5.41) is 0. The molecule has 0 unspecified atom stereocenters. The number of hydrogen-bond acceptors (Lipinski definition) is 3. The molecule has 4 heteroatoms. The molecule has 0 heterocycles. The summed E-state index contributed by atoms with van der Waals surface area (Å²) in [6.45, 7) is 6.93. The Morgan fingerprint density at radius 3 is 0.512 bits per heavy atom. The van der Waals surface area contributed by atoms with Crippen molar-refractivity contribution in [2.24, 2.45) is 0 Å². The van der Waals surface area contributed by atoms with Crippen LogP contribution in [0.2, 0.25) is 0 Å². The molecule has 6 aromatic carbocycles. The van der Waals surface area contributed by atoms with Crippen LogP contribution >= 0.6 is 8.60 Å². The molecule has 6 rings (SSSR count). The van der Waals surface area contributed by atoms with E-state index in [9.17, 15) is 0 Å². The van der Waals surface area contributed by atoms with Gasteiger partial charge in [-0.25, -0.2) is 0 Å². The number of rotatable bonds is 48. The molecule has 0 aliphatic rings. The SMILES string of the molecule is CCCCCCCCCCCCCC(OP(OC(CCCCCCCCCCCCC)(c1ccccc1)c1ccccc1)OC(CCCCCCCCCCCCC)(c1ccccc1)c1ccccc1)(c1ccccc1)c1ccccc1. The van der Waals surface area contributed by atoms with Gasteiger partial charge in [-0.05, 0) is 71.9 Å². The van der Waals surface area contributed by atoms with Crippen molar-refractivity contribution in [1.29, 1.82) is 0 Å². The molecular weight excluding hydrogens is 1020 g/mol. The van der Waals surface area contributed by atoms with E-state index in [1.807, 2.05) is 0 Å². The lowest BCUT2D eigenvalue weighted by molar-refractivity contribution is -0.0253. The first-order valence-electron chi connectivity index (χ1n) is 33.8. The maximum atomic E-state index is 8.33. The molecule has 0 N–H and O–H groups in total. The summed E-state index contributed by atoms with van der Waals surface area (Å²) in [7, 11) is -2.18. The normalized spacial score (nSPS) is 12.1. The maximum Gasteiger partial charge on any atom is 0.336 e. The van der Waals surface area contributed by atoms with Crippen molar-refractivity contribution in [2.45, 2.75) is 269 Å². The molecule has 0 bridgehead atoms. The molecule has 0 aromatic heterocycles. The summed E-state index contributed by atoms with van der Waals surface area (Å²) in [4.78, 5) is 0. The molecular formula is C78H111O3P. The van der Waals surface area contributed by atoms with Crippen molar-refractivity contribution < 1.29 is 13.6 Å². The van der Waals surface area contributed by atoms with Crippen LogP contribution in [0.4, 0.5) is 0 Å². The van der Waals surface area contributed by atoms with E-state index in [1.54, 1.807) is 0 Å². The van der Waals surface area contributed by atoms with E-state index in [2.05, 4.69) is 203 Å². The van der Waals surface area contributed by atoms with Gasteiger partial charge in [-0.3, -0.25) is 13.6 Å². The van der Waals surface area contributed by atoms with Crippen molar-refractivity contribution in [3.8, 4) is 0 Å². The van der Waals surface area contributed by atoms with E-state index in [0.717, 1.165) is 91.2 Å². The summed E-state index contributed by atoms with van der Waals surface area (Å²) in [6.07, 6.45) is 44.8. The summed E-state index contributed by atoms with van der Waals surface area (Å²) in [6, 6.07) is 66.6. The zero-order chi connectivity index (χ0) is 57.3. The Balaban J connectivity index is 1.43. The molecule has 0 radical (unpaired) electrons. The van der Waals surface area contributed by atoms with Gasteiger partial charge in [-0.2, -0.15) is 0 Å². The number of unbranched alkanes of at least 4 members (excludes halogenated alkanes) is 30. The first kappa shape index (κ1) is 66.8. The van der Waals surface area contributed by atoms with Crippen LogP contribution in [0.5, 0.6) is 0 Å². The fourth-order valence-electron chi connectivity index (χ4n) is 12.6. The number of benzene rings is 6. The van der Waals surface area contributed by atoms with E-state index < -0.39 is 25.4 Å². The van der Waals surface area contributed by atoms with Gasteiger partial charge in [0.25, 0.3) is 0 Å². The second kappa shape index (κ2) is 40.8. The second-order valence-electron chi connectivity index (χ2n) is 24.0. The minimum absolute atomic E-state index is 0.800. The fraction of sp³-hybridized carbons (Fsp3) is 0.538. The smallest absolute Gasteiger partial charge is 0.296 e. The standard InChI is InChI=1S/C78H111O3P/c1-4-7-10-13-16-19-22-25-28-31-52-67-76(70-55-40-34-41-56-70,71-57-42-35-43-58-71)79-82(80-77(72-59-44-36-45-60-72,73-61-46-37-47-62-73)68-53-32-29-26-23-20-17-14-11-8-5-2)81-78(74-63-48-38-49-64-74,75-65-50-39-51-66-75)69-54-33-30-27-24-21-18-15-12-9-6-3/h34-51,55-66H,4-33,52-54,67-69H2,1-3H3. The van der Waals surface area contributed by atoms with Crippen molar-refractivity contribution in [2.75, 3.05) is 0 Å². The molecule has 446 valence electrons. The van der Waals surface area contributed by atoms with E-state index in [4.69, 9.17) is 13.6 Å². The predicted molar refractivity (Wildman–Crippen MR) is 354 cm³/mol. The molecule has 6 aromatic rings. The minimum Gasteiger partial charge on any atom is -0.296 e. The third-order valence-electron chi connectivity index (χ3n) is 17.5. The first-order chi connectivity index (χ1) is 40.6. The summed E-state index contributed by atoms with van der Waals surface area (Å²) < 4.78 is 25.0. The van der Waals surface area contributed by atoms with E-state index >= 15 is 0 Å². The minimum atomic E-state index is -2.18. The lowest BCUT2D eigenvalue weighted by atomic mass is 9.82. The average Bonchev–Trinajstić information content (AvgIpc) is 3.09. The summed E-state index contributed by atoms with van der Waals surface area (Å²) in [5.74, 6) is 0. The molecule has 3 nitrogen and oxygen atoms in total. The van der Waals surface area contributed by atoms with Crippen LogP contribution in [-0.2, 0) is 30.4 Å². The third kappa shape index (κ3) is 22.6. The molecule has 0 saturated heterocycles. The van der Waals surface area contributed by atoms with Gasteiger partial charge in [0.05, 0.1) is 0 Å². The lowest BCUT2D eigenvalue weighted by Crippen LogP contribution is -2.37. The molecule has 82 heavy (non-hydrogen) atoms. The highest BCUT2D eigenvalue weighted by molar-refractivity contribution is 7.41. The molecule has 0 aliphatic heterocycles. The lowest BCUT2D eigenvalue weighted by Gasteiger charge is -2.45. The van der Waals surface area contributed by atoms with E-state index in [-0.39, 0.29) is 0 Å². The fourth-order valence-corrected chi connectivity index (χ4v) is 14.4. The highest BCUT2D eigenvalue weighted by Crippen LogP contribution is 2.62. The van der Waals surface area contributed by atoms with Crippen LogP contribution in [0.25, 0.3) is 0 Å². The molecule has 0 saturated carbocycles. The molecule has 0 fully saturated rings. The van der Waals surface area contributed by atoms with Crippen molar-refractivity contribution in [3.63, 3.8) is 0 Å². The van der Waals surface area contributed by atoms with E-state index in [0.29, 0.717) is 0 Å². The second-order valence-corrected chi connectivity index (χ2v) is 25.0. The quantitative estimate of drug-likeness (QED) is 0.0281. The Kier molecular flexibility index (Phi) is 33.2. The van der Waals surface area contributed by atoms with Crippen LogP contribution in [0.1, 0.15) is 285 Å². The monoisotopic (exact) mass is 1130 g/mol. The van der Waals surface area contributed by atoms with Gasteiger partial charge in [-0.15, -0.1) is 0 Å². The highest BCUT2D eigenvalue weighted by Gasteiger charge is 2.49. The zero-order valence-corrected chi connectivity index (χ0v) is 52.8. The van der Waals surface area contributed by atoms with E-state index in [1.165, 1.54) is 173 Å². The summed E-state index contributed by atoms with van der Waals surface area (Å²) >= 11 is 0. The van der Waals surface area contributed by atoms with Gasteiger partial charge in [-0.1, -0.05) is 395 Å². The zero-order valence-electron chi connectivity index (χ0n) is 51.9. The van der Waals surface area contributed by atoms with Gasteiger partial charge in [0.2, 0.25) is 0 Å². The molecule has 0 amide bonds. The Hall–Kier alpha value is -4.37. The van der Waals surface area contributed by atoms with Crippen LogP contribution in [0.3, 0.4) is 0 Å². The predicted octanol–water partition coefficient (Wildman–Crippen LogP) is 25.2. The van der Waals surface area contributed by atoms with Crippen molar-refractivity contribution in [3.05, 3.63) is 215 Å². The highest BCUT2D eigenvalue weighted by atomic mass is 31.2. The van der Waals surface area contributed by atoms with Gasteiger partial charge in [0.1, 0.15) is 16.8 Å². The Morgan fingerprint density at radius 1 is 0.207 bits per heavy atom. The van der Waals surface area contributed by atoms with Crippen LogP contribution in [0.15, 0.2) is 182 Å². The molecule has 0 atom stereocenters. The van der Waals surface area contributed by atoms with Gasteiger partial charge in [0, 0.05) is 0 Å². The van der Waals surface area contributed by atoms with Crippen molar-refractivity contribution in [1.82, 2.24) is 0 Å². The topological polar surface area (TPSA) is 27.7 Å². The number of hydrogen-bond donors (Lipinski definition) is 0. The Labute approximate surface area is 503 Å². The third-order valence-corrected chi connectivity index (χ3v) is 18.9. The van der Waals surface area contributed by atoms with Gasteiger partial charge in [0.15, 0.2) is 0 Å².